The van der Waals surface area contributed by atoms with E-state index in [0.29, 0.717) is 43.5 Å². The van der Waals surface area contributed by atoms with Crippen LogP contribution in [0.5, 0.6) is 0 Å². The standard InChI is InChI=1S/C25H32FNO4S/c1-25(12-13-25)11-8-19-5-3-6-20(23(19)26)17-21-18(10-16-32(2,29)30)7-4-14-27(21)24(28)22-9-15-31-22/h3,5-6,18,21-22H,4,7,9-10,12-17H2,1-2H3/t18-,21+,22-/m1/s1. The first-order chi connectivity index (χ1) is 15.2. The average molecular weight is 462 g/mol. The van der Waals surface area contributed by atoms with E-state index in [1.165, 1.54) is 6.26 Å². The van der Waals surface area contributed by atoms with E-state index in [1.54, 1.807) is 12.1 Å². The molecular formula is C25H32FNO4S. The molecule has 174 valence electrons. The molecule has 1 aromatic carbocycles. The molecule has 0 spiro atoms. The van der Waals surface area contributed by atoms with Gasteiger partial charge in [0.25, 0.3) is 5.91 Å². The fourth-order valence-electron chi connectivity index (χ4n) is 4.59. The highest BCUT2D eigenvalue weighted by Gasteiger charge is 2.40. The zero-order chi connectivity index (χ0) is 22.9. The Hall–Kier alpha value is -1.91. The lowest BCUT2D eigenvalue weighted by Crippen LogP contribution is -2.55. The van der Waals surface area contributed by atoms with Crippen LogP contribution in [0.3, 0.4) is 0 Å². The van der Waals surface area contributed by atoms with Crippen LogP contribution in [-0.2, 0) is 25.8 Å². The maximum atomic E-state index is 15.4. The van der Waals surface area contributed by atoms with Gasteiger partial charge in [-0.25, -0.2) is 12.8 Å². The van der Waals surface area contributed by atoms with Crippen LogP contribution in [0, 0.1) is 29.0 Å². The van der Waals surface area contributed by atoms with Gasteiger partial charge in [0.05, 0.1) is 17.9 Å². The molecule has 1 aliphatic carbocycles. The van der Waals surface area contributed by atoms with Gasteiger partial charge in [0.1, 0.15) is 21.8 Å². The van der Waals surface area contributed by atoms with Gasteiger partial charge in [-0.15, -0.1) is 0 Å². The summed E-state index contributed by atoms with van der Waals surface area (Å²) in [7, 11) is -3.12. The van der Waals surface area contributed by atoms with Crippen LogP contribution in [0.4, 0.5) is 4.39 Å². The highest BCUT2D eigenvalue weighted by Crippen LogP contribution is 2.44. The first-order valence-corrected chi connectivity index (χ1v) is 13.6. The lowest BCUT2D eigenvalue weighted by atomic mass is 9.82. The molecule has 3 atom stereocenters. The Bertz CT molecular complexity index is 1030. The fourth-order valence-corrected chi connectivity index (χ4v) is 5.33. The van der Waals surface area contributed by atoms with Crippen LogP contribution in [0.2, 0.25) is 0 Å². The maximum Gasteiger partial charge on any atom is 0.252 e. The number of likely N-dealkylation sites (tertiary alicyclic amines) is 1. The summed E-state index contributed by atoms with van der Waals surface area (Å²) in [4.78, 5) is 14.9. The molecule has 0 bridgehead atoms. The molecule has 1 amide bonds. The number of piperidine rings is 1. The Morgan fingerprint density at radius 2 is 2.06 bits per heavy atom. The van der Waals surface area contributed by atoms with Crippen molar-refractivity contribution in [2.45, 2.75) is 64.0 Å². The average Bonchev–Trinajstić information content (AvgIpc) is 3.43. The van der Waals surface area contributed by atoms with E-state index in [1.807, 2.05) is 11.0 Å². The van der Waals surface area contributed by atoms with Gasteiger partial charge in [-0.3, -0.25) is 4.79 Å². The number of benzene rings is 1. The van der Waals surface area contributed by atoms with Crippen LogP contribution < -0.4 is 0 Å². The van der Waals surface area contributed by atoms with Crippen molar-refractivity contribution >= 4 is 15.7 Å². The summed E-state index contributed by atoms with van der Waals surface area (Å²) >= 11 is 0. The predicted octanol–water partition coefficient (Wildman–Crippen LogP) is 3.35. The molecular weight excluding hydrogens is 429 g/mol. The second kappa shape index (κ2) is 9.15. The Morgan fingerprint density at radius 3 is 2.69 bits per heavy atom. The molecule has 0 aromatic heterocycles. The van der Waals surface area contributed by atoms with Crippen molar-refractivity contribution in [3.05, 3.63) is 35.1 Å². The molecule has 0 unspecified atom stereocenters. The summed E-state index contributed by atoms with van der Waals surface area (Å²) in [6, 6.07) is 5.02. The number of rotatable bonds is 6. The van der Waals surface area contributed by atoms with Gasteiger partial charge < -0.3 is 9.64 Å². The first kappa shape index (κ1) is 23.3. The van der Waals surface area contributed by atoms with Gasteiger partial charge in [-0.2, -0.15) is 0 Å². The summed E-state index contributed by atoms with van der Waals surface area (Å²) in [6.45, 7) is 3.26. The normalized spacial score (nSPS) is 26.6. The lowest BCUT2D eigenvalue weighted by molar-refractivity contribution is -0.161. The number of ether oxygens (including phenoxy) is 1. The second-order valence-corrected chi connectivity index (χ2v) is 12.1. The summed E-state index contributed by atoms with van der Waals surface area (Å²) in [6.07, 6.45) is 6.07. The Kier molecular flexibility index (Phi) is 6.65. The molecule has 0 N–H and O–H groups in total. The molecule has 5 nitrogen and oxygen atoms in total. The number of halogens is 1. The van der Waals surface area contributed by atoms with Crippen molar-refractivity contribution in [1.29, 1.82) is 0 Å². The molecule has 1 aromatic rings. The van der Waals surface area contributed by atoms with E-state index in [0.717, 1.165) is 25.7 Å². The van der Waals surface area contributed by atoms with E-state index >= 15 is 4.39 Å². The van der Waals surface area contributed by atoms with E-state index in [2.05, 4.69) is 18.8 Å². The minimum Gasteiger partial charge on any atom is -0.368 e. The molecule has 2 saturated heterocycles. The summed E-state index contributed by atoms with van der Waals surface area (Å²) in [5.41, 5.74) is 0.926. The van der Waals surface area contributed by atoms with Crippen molar-refractivity contribution in [3.8, 4) is 11.8 Å². The van der Waals surface area contributed by atoms with Crippen molar-refractivity contribution in [2.75, 3.05) is 25.2 Å². The number of hydrogen-bond acceptors (Lipinski definition) is 4. The van der Waals surface area contributed by atoms with Crippen LogP contribution in [-0.4, -0.2) is 56.5 Å². The Morgan fingerprint density at radius 1 is 1.31 bits per heavy atom. The number of sulfone groups is 1. The van der Waals surface area contributed by atoms with Crippen molar-refractivity contribution in [3.63, 3.8) is 0 Å². The van der Waals surface area contributed by atoms with Crippen molar-refractivity contribution in [2.24, 2.45) is 11.3 Å². The third kappa shape index (κ3) is 5.52. The first-order valence-electron chi connectivity index (χ1n) is 11.6. The number of amides is 1. The molecule has 7 heteroatoms. The van der Waals surface area contributed by atoms with Crippen LogP contribution in [0.15, 0.2) is 18.2 Å². The third-order valence-corrected chi connectivity index (χ3v) is 8.02. The molecule has 3 fully saturated rings. The van der Waals surface area contributed by atoms with Gasteiger partial charge in [0, 0.05) is 30.7 Å². The van der Waals surface area contributed by atoms with Crippen molar-refractivity contribution < 1.29 is 22.3 Å². The zero-order valence-corrected chi connectivity index (χ0v) is 19.7. The van der Waals surface area contributed by atoms with E-state index in [9.17, 15) is 13.2 Å². The maximum absolute atomic E-state index is 15.4. The van der Waals surface area contributed by atoms with Crippen molar-refractivity contribution in [1.82, 2.24) is 4.90 Å². The fraction of sp³-hybridized carbons (Fsp3) is 0.640. The van der Waals surface area contributed by atoms with E-state index < -0.39 is 15.9 Å². The predicted molar refractivity (Wildman–Crippen MR) is 121 cm³/mol. The van der Waals surface area contributed by atoms with Gasteiger partial charge in [0.2, 0.25) is 0 Å². The van der Waals surface area contributed by atoms with Gasteiger partial charge in [-0.1, -0.05) is 24.0 Å². The van der Waals surface area contributed by atoms with Crippen LogP contribution in [0.25, 0.3) is 0 Å². The molecule has 1 saturated carbocycles. The minimum atomic E-state index is -3.12. The second-order valence-electron chi connectivity index (χ2n) is 9.86. The van der Waals surface area contributed by atoms with Gasteiger partial charge >= 0.3 is 0 Å². The van der Waals surface area contributed by atoms with E-state index in [4.69, 9.17) is 4.74 Å². The number of carbonyl (C=O) groups is 1. The van der Waals surface area contributed by atoms with E-state index in [-0.39, 0.29) is 34.9 Å². The van der Waals surface area contributed by atoms with Crippen LogP contribution >= 0.6 is 0 Å². The molecule has 2 aliphatic heterocycles. The summed E-state index contributed by atoms with van der Waals surface area (Å²) < 4.78 is 44.4. The lowest BCUT2D eigenvalue weighted by Gasteiger charge is -2.44. The molecule has 0 radical (unpaired) electrons. The quantitative estimate of drug-likeness (QED) is 0.610. The molecule has 32 heavy (non-hydrogen) atoms. The number of hydrogen-bond donors (Lipinski definition) is 0. The topological polar surface area (TPSA) is 63.7 Å². The molecule has 4 rings (SSSR count). The number of carbonyl (C=O) groups excluding carboxylic acids is 1. The smallest absolute Gasteiger partial charge is 0.252 e. The minimum absolute atomic E-state index is 0.00187. The SMILES string of the molecule is CC1(C#Cc2cccc(C[C@H]3[C@@H](CCS(C)(=O)=O)CCCN3C(=O)[C@H]3CCO3)c2F)CC1. The largest absolute Gasteiger partial charge is 0.368 e. The van der Waals surface area contributed by atoms with Gasteiger partial charge in [-0.05, 0) is 63.0 Å². The number of nitrogens with zero attached hydrogens (tertiary/aromatic N) is 1. The Balaban J connectivity index is 1.59. The van der Waals surface area contributed by atoms with Crippen LogP contribution in [0.1, 0.15) is 56.6 Å². The molecule has 3 aliphatic rings. The summed E-state index contributed by atoms with van der Waals surface area (Å²) in [5, 5.41) is 0. The zero-order valence-electron chi connectivity index (χ0n) is 18.9. The highest BCUT2D eigenvalue weighted by atomic mass is 32.2. The monoisotopic (exact) mass is 461 g/mol. The Labute approximate surface area is 190 Å². The molecule has 2 heterocycles. The third-order valence-electron chi connectivity index (χ3n) is 7.04. The summed E-state index contributed by atoms with van der Waals surface area (Å²) in [5.74, 6) is 5.89. The highest BCUT2D eigenvalue weighted by molar-refractivity contribution is 7.90. The van der Waals surface area contributed by atoms with Gasteiger partial charge in [0.15, 0.2) is 0 Å².